The molecule has 1 heterocycles. The number of aromatic nitrogens is 1. The normalized spacial score (nSPS) is 10.4. The van der Waals surface area contributed by atoms with Crippen molar-refractivity contribution in [2.75, 3.05) is 13.4 Å². The molecular formula is C19H17NO3S. The van der Waals surface area contributed by atoms with E-state index >= 15 is 0 Å². The number of rotatable bonds is 6. The van der Waals surface area contributed by atoms with Gasteiger partial charge in [0.05, 0.1) is 24.7 Å². The smallest absolute Gasteiger partial charge is 0.167 e. The first-order valence-corrected chi connectivity index (χ1v) is 8.49. The van der Waals surface area contributed by atoms with E-state index < -0.39 is 0 Å². The van der Waals surface area contributed by atoms with E-state index in [4.69, 9.17) is 13.4 Å². The molecule has 3 rings (SSSR count). The van der Waals surface area contributed by atoms with Crippen LogP contribution in [0.3, 0.4) is 0 Å². The van der Waals surface area contributed by atoms with Crippen LogP contribution in [0.2, 0.25) is 0 Å². The minimum Gasteiger partial charge on any atom is -0.497 e. The van der Waals surface area contributed by atoms with Gasteiger partial charge in [-0.3, -0.25) is 0 Å². The van der Waals surface area contributed by atoms with Crippen molar-refractivity contribution in [3.05, 3.63) is 60.9 Å². The van der Waals surface area contributed by atoms with Crippen molar-refractivity contribution in [3.63, 3.8) is 0 Å². The molecule has 0 atom stereocenters. The molecule has 0 N–H and O–H groups in total. The molecule has 122 valence electrons. The van der Waals surface area contributed by atoms with Crippen LogP contribution in [-0.2, 0) is 0 Å². The van der Waals surface area contributed by atoms with Gasteiger partial charge in [0, 0.05) is 11.8 Å². The average Bonchev–Trinajstić information content (AvgIpc) is 3.07. The second-order valence-corrected chi connectivity index (χ2v) is 5.48. The van der Waals surface area contributed by atoms with Crippen LogP contribution in [0.4, 0.5) is 0 Å². The van der Waals surface area contributed by atoms with E-state index in [0.29, 0.717) is 5.76 Å². The molecule has 0 bridgehead atoms. The van der Waals surface area contributed by atoms with Crippen LogP contribution in [0.15, 0.2) is 59.6 Å². The molecule has 0 amide bonds. The van der Waals surface area contributed by atoms with Gasteiger partial charge in [0.1, 0.15) is 17.2 Å². The zero-order chi connectivity index (χ0) is 16.9. The topological polar surface area (TPSA) is 44.5 Å². The Labute approximate surface area is 145 Å². The highest BCUT2D eigenvalue weighted by atomic mass is 32.2. The molecule has 0 spiro atoms. The van der Waals surface area contributed by atoms with E-state index in [1.54, 1.807) is 13.2 Å². The predicted molar refractivity (Wildman–Crippen MR) is 98.2 cm³/mol. The Kier molecular flexibility index (Phi) is 4.91. The van der Waals surface area contributed by atoms with Crippen molar-refractivity contribution in [3.8, 4) is 33.9 Å². The molecule has 5 heteroatoms. The van der Waals surface area contributed by atoms with E-state index in [1.807, 2.05) is 54.8 Å². The van der Waals surface area contributed by atoms with Gasteiger partial charge in [0.25, 0.3) is 0 Å². The summed E-state index contributed by atoms with van der Waals surface area (Å²) in [6.45, 7) is 3.82. The Bertz CT molecular complexity index is 823. The van der Waals surface area contributed by atoms with E-state index in [-0.39, 0.29) is 0 Å². The van der Waals surface area contributed by atoms with Gasteiger partial charge < -0.3 is 13.4 Å². The molecule has 0 unspecified atom stereocenters. The van der Waals surface area contributed by atoms with Gasteiger partial charge in [0.2, 0.25) is 0 Å². The summed E-state index contributed by atoms with van der Waals surface area (Å²) in [5, 5.41) is 4.23. The minimum absolute atomic E-state index is 0.638. The highest BCUT2D eigenvalue weighted by Gasteiger charge is 2.17. The van der Waals surface area contributed by atoms with Gasteiger partial charge in [-0.05, 0) is 48.0 Å². The van der Waals surface area contributed by atoms with Crippen molar-refractivity contribution < 1.29 is 13.4 Å². The summed E-state index contributed by atoms with van der Waals surface area (Å²) in [5.74, 6) is 2.24. The van der Waals surface area contributed by atoms with Gasteiger partial charge >= 0.3 is 0 Å². The fourth-order valence-corrected chi connectivity index (χ4v) is 2.74. The summed E-state index contributed by atoms with van der Waals surface area (Å²) in [6.07, 6.45) is 3.55. The maximum Gasteiger partial charge on any atom is 0.167 e. The Morgan fingerprint density at radius 2 is 1.62 bits per heavy atom. The van der Waals surface area contributed by atoms with Crippen molar-refractivity contribution in [1.82, 2.24) is 5.16 Å². The summed E-state index contributed by atoms with van der Waals surface area (Å²) < 4.78 is 16.1. The van der Waals surface area contributed by atoms with Crippen LogP contribution in [0.25, 0.3) is 28.5 Å². The fourth-order valence-electron chi connectivity index (χ4n) is 2.44. The molecular weight excluding hydrogens is 322 g/mol. The number of hydrogen-bond acceptors (Lipinski definition) is 5. The predicted octanol–water partition coefficient (Wildman–Crippen LogP) is 5.32. The molecule has 0 fully saturated rings. The summed E-state index contributed by atoms with van der Waals surface area (Å²) >= 11 is 1.31. The van der Waals surface area contributed by atoms with Crippen LogP contribution in [0.1, 0.15) is 5.76 Å². The van der Waals surface area contributed by atoms with Gasteiger partial charge in [-0.25, -0.2) is 0 Å². The number of methoxy groups -OCH3 is 1. The van der Waals surface area contributed by atoms with Gasteiger partial charge in [0.15, 0.2) is 5.76 Å². The van der Waals surface area contributed by atoms with E-state index in [0.717, 1.165) is 33.9 Å². The quantitative estimate of drug-likeness (QED) is 0.569. The molecule has 0 radical (unpaired) electrons. The van der Waals surface area contributed by atoms with Crippen LogP contribution in [0.5, 0.6) is 11.5 Å². The van der Waals surface area contributed by atoms with Crippen molar-refractivity contribution in [2.24, 2.45) is 0 Å². The van der Waals surface area contributed by atoms with E-state index in [9.17, 15) is 0 Å². The maximum absolute atomic E-state index is 5.45. The third-order valence-corrected chi connectivity index (χ3v) is 3.95. The van der Waals surface area contributed by atoms with Crippen LogP contribution in [0, 0.1) is 0 Å². The van der Waals surface area contributed by atoms with Crippen molar-refractivity contribution >= 4 is 18.1 Å². The Hall–Kier alpha value is -2.66. The second-order valence-electron chi connectivity index (χ2n) is 4.98. The molecule has 0 saturated carbocycles. The number of hydrogen-bond donors (Lipinski definition) is 0. The van der Waals surface area contributed by atoms with E-state index in [1.165, 1.54) is 12.0 Å². The summed E-state index contributed by atoms with van der Waals surface area (Å²) in [7, 11) is 1.64. The first-order chi connectivity index (χ1) is 11.8. The Morgan fingerprint density at radius 1 is 1.00 bits per heavy atom. The van der Waals surface area contributed by atoms with Crippen molar-refractivity contribution in [2.45, 2.75) is 0 Å². The van der Waals surface area contributed by atoms with Crippen LogP contribution in [-0.4, -0.2) is 18.5 Å². The summed E-state index contributed by atoms with van der Waals surface area (Å²) in [5.41, 5.74) is 3.62. The molecule has 0 aliphatic rings. The molecule has 0 saturated heterocycles. The molecule has 0 aliphatic carbocycles. The molecule has 24 heavy (non-hydrogen) atoms. The lowest BCUT2D eigenvalue weighted by Crippen LogP contribution is -1.86. The molecule has 1 aromatic heterocycles. The van der Waals surface area contributed by atoms with Crippen molar-refractivity contribution in [1.29, 1.82) is 0 Å². The van der Waals surface area contributed by atoms with Gasteiger partial charge in [-0.15, -0.1) is 0 Å². The molecule has 0 aliphatic heterocycles. The lowest BCUT2D eigenvalue weighted by molar-refractivity contribution is 0.413. The minimum atomic E-state index is 0.638. The third kappa shape index (κ3) is 3.16. The SMILES string of the molecule is C=Cc1onc(-c2ccc(OC)cc2)c1-c1ccc(OSC)cc1. The fraction of sp³-hybridized carbons (Fsp3) is 0.105. The monoisotopic (exact) mass is 339 g/mol. The highest BCUT2D eigenvalue weighted by molar-refractivity contribution is 7.94. The zero-order valence-corrected chi connectivity index (χ0v) is 14.3. The van der Waals surface area contributed by atoms with Gasteiger partial charge in [-0.1, -0.05) is 23.9 Å². The lowest BCUT2D eigenvalue weighted by Gasteiger charge is -2.06. The number of nitrogens with zero attached hydrogens (tertiary/aromatic N) is 1. The standard InChI is InChI=1S/C19H17NO3S/c1-4-17-18(13-5-11-16(12-6-13)23-24-3)19(20-22-17)14-7-9-15(21-2)10-8-14/h4-12H,1H2,2-3H3. The van der Waals surface area contributed by atoms with Crippen LogP contribution < -0.4 is 8.92 Å². The first-order valence-electron chi connectivity index (χ1n) is 7.34. The Balaban J connectivity index is 2.05. The summed E-state index contributed by atoms with van der Waals surface area (Å²) in [6, 6.07) is 15.5. The highest BCUT2D eigenvalue weighted by Crippen LogP contribution is 2.36. The zero-order valence-electron chi connectivity index (χ0n) is 13.5. The Morgan fingerprint density at radius 3 is 2.21 bits per heavy atom. The van der Waals surface area contributed by atoms with E-state index in [2.05, 4.69) is 11.7 Å². The largest absolute Gasteiger partial charge is 0.497 e. The number of benzene rings is 2. The summed E-state index contributed by atoms with van der Waals surface area (Å²) in [4.78, 5) is 0. The third-order valence-electron chi connectivity index (χ3n) is 3.59. The molecule has 2 aromatic carbocycles. The average molecular weight is 339 g/mol. The first kappa shape index (κ1) is 16.2. The van der Waals surface area contributed by atoms with Crippen LogP contribution >= 0.6 is 12.0 Å². The second kappa shape index (κ2) is 7.27. The number of ether oxygens (including phenoxy) is 1. The molecule has 3 aromatic rings. The lowest BCUT2D eigenvalue weighted by atomic mass is 9.99. The van der Waals surface area contributed by atoms with Gasteiger partial charge in [-0.2, -0.15) is 0 Å². The maximum atomic E-state index is 5.45. The molecule has 4 nitrogen and oxygen atoms in total.